The van der Waals surface area contributed by atoms with E-state index in [-0.39, 0.29) is 11.6 Å². The zero-order chi connectivity index (χ0) is 20.3. The van der Waals surface area contributed by atoms with Crippen LogP contribution >= 0.6 is 0 Å². The fraction of sp³-hybridized carbons (Fsp3) is 0.611. The van der Waals surface area contributed by atoms with Crippen molar-refractivity contribution in [3.63, 3.8) is 0 Å². The number of aryl methyl sites for hydroxylation is 1. The summed E-state index contributed by atoms with van der Waals surface area (Å²) in [7, 11) is 0. The maximum Gasteiger partial charge on any atom is 0.453 e. The van der Waals surface area contributed by atoms with Crippen molar-refractivity contribution < 1.29 is 17.7 Å². The van der Waals surface area contributed by atoms with Gasteiger partial charge in [0.05, 0.1) is 0 Å². The molecule has 0 spiro atoms. The van der Waals surface area contributed by atoms with Crippen LogP contribution in [0.5, 0.6) is 0 Å². The van der Waals surface area contributed by atoms with Gasteiger partial charge in [-0.1, -0.05) is 5.16 Å². The summed E-state index contributed by atoms with van der Waals surface area (Å²) in [5.74, 6) is 1.50. The molecule has 154 valence electrons. The number of alkyl halides is 3. The summed E-state index contributed by atoms with van der Waals surface area (Å²) < 4.78 is 46.0. The molecule has 0 radical (unpaired) electrons. The van der Waals surface area contributed by atoms with Gasteiger partial charge >= 0.3 is 6.18 Å². The average molecular weight is 407 g/mol. The van der Waals surface area contributed by atoms with Crippen molar-refractivity contribution >= 4 is 11.5 Å². The van der Waals surface area contributed by atoms with Crippen molar-refractivity contribution in [3.8, 4) is 0 Å². The van der Waals surface area contributed by atoms with E-state index in [0.717, 1.165) is 47.5 Å². The largest absolute Gasteiger partial charge is 0.453 e. The first-order chi connectivity index (χ1) is 13.8. The van der Waals surface area contributed by atoms with Crippen LogP contribution in [-0.4, -0.2) is 43.0 Å². The molecule has 4 heterocycles. The normalized spacial score (nSPS) is 18.7. The molecular weight excluding hydrogens is 387 g/mol. The second-order valence-corrected chi connectivity index (χ2v) is 7.86. The van der Waals surface area contributed by atoms with Crippen LogP contribution in [0, 0.1) is 13.8 Å². The summed E-state index contributed by atoms with van der Waals surface area (Å²) in [5, 5.41) is 15.4. The van der Waals surface area contributed by atoms with E-state index in [0.29, 0.717) is 30.4 Å². The van der Waals surface area contributed by atoms with Gasteiger partial charge in [0, 0.05) is 36.1 Å². The van der Waals surface area contributed by atoms with E-state index in [2.05, 4.69) is 25.4 Å². The lowest BCUT2D eigenvalue weighted by atomic mass is 9.96. The van der Waals surface area contributed by atoms with Crippen molar-refractivity contribution in [1.29, 1.82) is 0 Å². The molecule has 1 aliphatic carbocycles. The summed E-state index contributed by atoms with van der Waals surface area (Å²) in [6.45, 7) is 4.91. The van der Waals surface area contributed by atoms with Gasteiger partial charge in [-0.15, -0.1) is 15.3 Å². The van der Waals surface area contributed by atoms with Crippen LogP contribution in [0.3, 0.4) is 0 Å². The van der Waals surface area contributed by atoms with Crippen LogP contribution in [-0.2, 0) is 6.18 Å². The highest BCUT2D eigenvalue weighted by Gasteiger charge is 2.39. The van der Waals surface area contributed by atoms with E-state index < -0.39 is 12.0 Å². The number of nitrogens with zero attached hydrogens (tertiary/aromatic N) is 7. The molecule has 1 saturated carbocycles. The van der Waals surface area contributed by atoms with Gasteiger partial charge in [-0.25, -0.2) is 0 Å². The second kappa shape index (κ2) is 6.39. The lowest BCUT2D eigenvalue weighted by Crippen LogP contribution is -2.35. The van der Waals surface area contributed by atoms with Crippen LogP contribution < -0.4 is 4.90 Å². The Labute approximate surface area is 164 Å². The standard InChI is InChI=1S/C18H20F3N7O/c1-9-10(2)15(25-28-14(9)23-24-17(28)18(19,20)21)27-7-5-11(6-8-27)13-22-16(29-26-13)12-3-4-12/h11-12H,3-8H2,1-2H3. The molecule has 0 unspecified atom stereocenters. The molecule has 2 aliphatic rings. The van der Waals surface area contributed by atoms with Gasteiger partial charge < -0.3 is 9.42 Å². The van der Waals surface area contributed by atoms with Crippen LogP contribution in [0.1, 0.15) is 66.2 Å². The van der Waals surface area contributed by atoms with E-state index in [9.17, 15) is 13.2 Å². The Hall–Kier alpha value is -2.72. The summed E-state index contributed by atoms with van der Waals surface area (Å²) in [4.78, 5) is 6.55. The number of aromatic nitrogens is 6. The molecule has 3 aromatic heterocycles. The average Bonchev–Trinajstić information content (AvgIpc) is 3.25. The SMILES string of the molecule is Cc1c(N2CCC(c3noc(C4CC4)n3)CC2)nn2c(C(F)(F)F)nnc2c1C. The molecule has 3 aromatic rings. The van der Waals surface area contributed by atoms with Crippen LogP contribution in [0.4, 0.5) is 19.0 Å². The molecule has 0 bridgehead atoms. The van der Waals surface area contributed by atoms with Gasteiger partial charge in [-0.05, 0) is 39.5 Å². The van der Waals surface area contributed by atoms with Crippen molar-refractivity contribution in [2.45, 2.75) is 57.5 Å². The maximum absolute atomic E-state index is 13.3. The van der Waals surface area contributed by atoms with Gasteiger partial charge in [0.1, 0.15) is 0 Å². The van der Waals surface area contributed by atoms with Crippen molar-refractivity contribution in [3.05, 3.63) is 28.7 Å². The van der Waals surface area contributed by atoms with Gasteiger partial charge in [0.2, 0.25) is 5.89 Å². The van der Waals surface area contributed by atoms with Crippen LogP contribution in [0.2, 0.25) is 0 Å². The lowest BCUT2D eigenvalue weighted by Gasteiger charge is -2.32. The first-order valence-corrected chi connectivity index (χ1v) is 9.71. The van der Waals surface area contributed by atoms with Crippen LogP contribution in [0.25, 0.3) is 5.65 Å². The fourth-order valence-corrected chi connectivity index (χ4v) is 3.85. The zero-order valence-electron chi connectivity index (χ0n) is 16.1. The molecule has 1 aliphatic heterocycles. The number of halogens is 3. The summed E-state index contributed by atoms with van der Waals surface area (Å²) in [5.41, 5.74) is 1.59. The number of fused-ring (bicyclic) bond motifs is 1. The Morgan fingerprint density at radius 1 is 0.966 bits per heavy atom. The van der Waals surface area contributed by atoms with Gasteiger partial charge in [-0.2, -0.15) is 22.7 Å². The van der Waals surface area contributed by atoms with Crippen molar-refractivity contribution in [2.75, 3.05) is 18.0 Å². The highest BCUT2D eigenvalue weighted by Crippen LogP contribution is 2.40. The zero-order valence-corrected chi connectivity index (χ0v) is 16.1. The Bertz CT molecular complexity index is 1060. The Morgan fingerprint density at radius 2 is 1.69 bits per heavy atom. The number of piperidine rings is 1. The molecule has 0 aromatic carbocycles. The molecule has 11 heteroatoms. The van der Waals surface area contributed by atoms with E-state index >= 15 is 0 Å². The van der Waals surface area contributed by atoms with E-state index in [1.165, 1.54) is 0 Å². The highest BCUT2D eigenvalue weighted by atomic mass is 19.4. The summed E-state index contributed by atoms with van der Waals surface area (Å²) >= 11 is 0. The number of hydrogen-bond acceptors (Lipinski definition) is 7. The maximum atomic E-state index is 13.3. The Morgan fingerprint density at radius 3 is 2.34 bits per heavy atom. The monoisotopic (exact) mass is 407 g/mol. The molecule has 0 amide bonds. The van der Waals surface area contributed by atoms with E-state index in [4.69, 9.17) is 4.52 Å². The first-order valence-electron chi connectivity index (χ1n) is 9.71. The molecular formula is C18H20F3N7O. The predicted octanol–water partition coefficient (Wildman–Crippen LogP) is 3.40. The van der Waals surface area contributed by atoms with Crippen molar-refractivity contribution in [2.24, 2.45) is 0 Å². The third kappa shape index (κ3) is 3.12. The molecule has 5 rings (SSSR count). The van der Waals surface area contributed by atoms with Crippen molar-refractivity contribution in [1.82, 2.24) is 30.0 Å². The minimum atomic E-state index is -4.61. The minimum Gasteiger partial charge on any atom is -0.355 e. The third-order valence-electron chi connectivity index (χ3n) is 5.87. The van der Waals surface area contributed by atoms with Gasteiger partial charge in [-0.3, -0.25) is 0 Å². The quantitative estimate of drug-likeness (QED) is 0.658. The van der Waals surface area contributed by atoms with Gasteiger partial charge in [0.25, 0.3) is 5.82 Å². The summed E-state index contributed by atoms with van der Waals surface area (Å²) in [6, 6.07) is 0. The first kappa shape index (κ1) is 18.3. The molecule has 2 fully saturated rings. The van der Waals surface area contributed by atoms with E-state index in [1.807, 2.05) is 11.8 Å². The lowest BCUT2D eigenvalue weighted by molar-refractivity contribution is -0.146. The summed E-state index contributed by atoms with van der Waals surface area (Å²) in [6.07, 6.45) is -0.825. The fourth-order valence-electron chi connectivity index (χ4n) is 3.85. The Balaban J connectivity index is 1.40. The third-order valence-corrected chi connectivity index (χ3v) is 5.87. The van der Waals surface area contributed by atoms with E-state index in [1.54, 1.807) is 6.92 Å². The minimum absolute atomic E-state index is 0.132. The molecule has 0 atom stereocenters. The second-order valence-electron chi connectivity index (χ2n) is 7.86. The van der Waals surface area contributed by atoms with Gasteiger partial charge in [0.15, 0.2) is 17.3 Å². The Kier molecular flexibility index (Phi) is 4.04. The molecule has 29 heavy (non-hydrogen) atoms. The predicted molar refractivity (Wildman–Crippen MR) is 95.7 cm³/mol. The van der Waals surface area contributed by atoms with Crippen LogP contribution in [0.15, 0.2) is 4.52 Å². The number of anilines is 1. The number of hydrogen-bond donors (Lipinski definition) is 0. The highest BCUT2D eigenvalue weighted by molar-refractivity contribution is 5.59. The number of rotatable bonds is 3. The topological polar surface area (TPSA) is 85.2 Å². The smallest absolute Gasteiger partial charge is 0.355 e. The molecule has 0 N–H and O–H groups in total. The molecule has 1 saturated heterocycles. The molecule has 8 nitrogen and oxygen atoms in total.